The van der Waals surface area contributed by atoms with Gasteiger partial charge in [-0.3, -0.25) is 19.3 Å². The number of benzene rings is 1. The van der Waals surface area contributed by atoms with E-state index in [1.54, 1.807) is 20.2 Å². The van der Waals surface area contributed by atoms with Crippen LogP contribution in [0.1, 0.15) is 41.6 Å². The molecule has 1 saturated heterocycles. The standard InChI is InChI=1S/C26H31N3O7/c1-28(2)19-14-11-13-10-12-6-7-15(29-8-4-3-5-9-29)20(30)16(12)21(31)17(13)23(33)26(14,36)24(34)18(22(19)32)25(27)35/h6-7,13-14,19,30,32-33,36H,3-5,8-11H2,1-2H3,(H2,27,35)/t13-,14-,19+,26-/m0/s1. The molecule has 5 rings (SSSR count). The van der Waals surface area contributed by atoms with Gasteiger partial charge in [-0.1, -0.05) is 6.07 Å². The Bertz CT molecular complexity index is 1240. The zero-order valence-corrected chi connectivity index (χ0v) is 20.3. The fourth-order valence-electron chi connectivity index (χ4n) is 6.60. The van der Waals surface area contributed by atoms with Crippen molar-refractivity contribution in [2.45, 2.75) is 43.7 Å². The van der Waals surface area contributed by atoms with Crippen molar-refractivity contribution in [2.24, 2.45) is 17.6 Å². The molecule has 192 valence electrons. The molecule has 10 nitrogen and oxygen atoms in total. The minimum Gasteiger partial charge on any atom is -0.510 e. The molecule has 1 heterocycles. The van der Waals surface area contributed by atoms with E-state index in [1.165, 1.54) is 4.90 Å². The third-order valence-corrected chi connectivity index (χ3v) is 8.27. The van der Waals surface area contributed by atoms with Crippen LogP contribution in [-0.4, -0.2) is 81.6 Å². The molecule has 1 fully saturated rings. The molecule has 1 aromatic rings. The van der Waals surface area contributed by atoms with Gasteiger partial charge < -0.3 is 31.1 Å². The number of nitrogens with zero attached hydrogens (tertiary/aromatic N) is 2. The Hall–Kier alpha value is -3.37. The van der Waals surface area contributed by atoms with Crippen LogP contribution in [0.5, 0.6) is 5.75 Å². The van der Waals surface area contributed by atoms with Crippen LogP contribution in [0.25, 0.3) is 0 Å². The molecule has 0 spiro atoms. The quantitative estimate of drug-likeness (QED) is 0.385. The summed E-state index contributed by atoms with van der Waals surface area (Å²) < 4.78 is 0. The molecule has 0 unspecified atom stereocenters. The Balaban J connectivity index is 1.66. The number of hydrogen-bond donors (Lipinski definition) is 5. The Morgan fingerprint density at radius 1 is 1.11 bits per heavy atom. The van der Waals surface area contributed by atoms with E-state index in [9.17, 15) is 34.8 Å². The number of Topliss-reactive ketones (excluding diaryl/α,β-unsaturated/α-hetero) is 2. The Morgan fingerprint density at radius 2 is 1.78 bits per heavy atom. The number of anilines is 1. The summed E-state index contributed by atoms with van der Waals surface area (Å²) >= 11 is 0. The highest BCUT2D eigenvalue weighted by Gasteiger charge is 2.63. The van der Waals surface area contributed by atoms with Gasteiger partial charge in [-0.15, -0.1) is 0 Å². The highest BCUT2D eigenvalue weighted by atomic mass is 16.3. The fraction of sp³-hybridized carbons (Fsp3) is 0.500. The van der Waals surface area contributed by atoms with Crippen molar-refractivity contribution in [3.05, 3.63) is 45.9 Å². The van der Waals surface area contributed by atoms with Gasteiger partial charge in [0, 0.05) is 24.6 Å². The number of aliphatic hydroxyl groups is 3. The number of rotatable bonds is 3. The van der Waals surface area contributed by atoms with Crippen molar-refractivity contribution in [2.75, 3.05) is 32.1 Å². The second-order valence-electron chi connectivity index (χ2n) is 10.5. The highest BCUT2D eigenvalue weighted by molar-refractivity contribution is 6.24. The average molecular weight is 498 g/mol. The first-order valence-electron chi connectivity index (χ1n) is 12.2. The van der Waals surface area contributed by atoms with Crippen molar-refractivity contribution in [1.29, 1.82) is 0 Å². The molecular weight excluding hydrogens is 466 g/mol. The molecular formula is C26H31N3O7. The van der Waals surface area contributed by atoms with Crippen LogP contribution in [-0.2, 0) is 16.0 Å². The monoisotopic (exact) mass is 497 g/mol. The van der Waals surface area contributed by atoms with Crippen LogP contribution in [0.2, 0.25) is 0 Å². The maximum atomic E-state index is 13.8. The van der Waals surface area contributed by atoms with Gasteiger partial charge in [-0.2, -0.15) is 0 Å². The number of aromatic hydroxyl groups is 1. The van der Waals surface area contributed by atoms with Gasteiger partial charge in [-0.05, 0) is 63.7 Å². The van der Waals surface area contributed by atoms with Crippen LogP contribution in [0.15, 0.2) is 34.8 Å². The number of piperidine rings is 1. The Kier molecular flexibility index (Phi) is 5.64. The zero-order chi connectivity index (χ0) is 26.1. The van der Waals surface area contributed by atoms with E-state index in [2.05, 4.69) is 0 Å². The lowest BCUT2D eigenvalue weighted by Crippen LogP contribution is -2.63. The number of carbonyl (C=O) groups excluding carboxylic acids is 3. The van der Waals surface area contributed by atoms with Crippen LogP contribution in [0.4, 0.5) is 5.69 Å². The van der Waals surface area contributed by atoms with Crippen molar-refractivity contribution < 1.29 is 34.8 Å². The van der Waals surface area contributed by atoms with Gasteiger partial charge in [-0.25, -0.2) is 0 Å². The molecule has 4 aliphatic rings. The number of hydrogen-bond acceptors (Lipinski definition) is 9. The summed E-state index contributed by atoms with van der Waals surface area (Å²) in [6.45, 7) is 1.51. The van der Waals surface area contributed by atoms with Crippen LogP contribution < -0.4 is 10.6 Å². The first-order valence-corrected chi connectivity index (χ1v) is 12.2. The van der Waals surface area contributed by atoms with Crippen LogP contribution in [0, 0.1) is 11.8 Å². The predicted octanol–water partition coefficient (Wildman–Crippen LogP) is 1.11. The number of carbonyl (C=O) groups is 3. The van der Waals surface area contributed by atoms with E-state index in [1.807, 2.05) is 11.0 Å². The third kappa shape index (κ3) is 3.20. The maximum Gasteiger partial charge on any atom is 0.255 e. The number of aliphatic hydroxyl groups excluding tert-OH is 2. The number of likely N-dealkylation sites (N-methyl/N-ethyl adjacent to an activating group) is 1. The van der Waals surface area contributed by atoms with Crippen molar-refractivity contribution >= 4 is 23.2 Å². The van der Waals surface area contributed by atoms with Gasteiger partial charge in [0.05, 0.1) is 17.3 Å². The Labute approximate surface area is 208 Å². The van der Waals surface area contributed by atoms with E-state index < -0.39 is 58.0 Å². The van der Waals surface area contributed by atoms with Crippen LogP contribution >= 0.6 is 0 Å². The highest BCUT2D eigenvalue weighted by Crippen LogP contribution is 2.52. The Morgan fingerprint density at radius 3 is 2.39 bits per heavy atom. The largest absolute Gasteiger partial charge is 0.510 e. The lowest BCUT2D eigenvalue weighted by molar-refractivity contribution is -0.148. The van der Waals surface area contributed by atoms with Gasteiger partial charge in [0.1, 0.15) is 22.8 Å². The first-order chi connectivity index (χ1) is 17.0. The van der Waals surface area contributed by atoms with E-state index in [0.29, 0.717) is 17.7 Å². The topological polar surface area (TPSA) is 165 Å². The summed E-state index contributed by atoms with van der Waals surface area (Å²) in [7, 11) is 3.21. The number of amides is 1. The number of ketones is 2. The van der Waals surface area contributed by atoms with E-state index in [-0.39, 0.29) is 23.3 Å². The second-order valence-corrected chi connectivity index (χ2v) is 10.5. The van der Waals surface area contributed by atoms with E-state index in [0.717, 1.165) is 32.4 Å². The van der Waals surface area contributed by atoms with Gasteiger partial charge in [0.15, 0.2) is 11.4 Å². The van der Waals surface area contributed by atoms with Crippen molar-refractivity contribution in [3.63, 3.8) is 0 Å². The predicted molar refractivity (Wildman–Crippen MR) is 130 cm³/mol. The minimum atomic E-state index is -2.62. The summed E-state index contributed by atoms with van der Waals surface area (Å²) in [5.74, 6) is -6.30. The minimum absolute atomic E-state index is 0.0545. The third-order valence-electron chi connectivity index (χ3n) is 8.27. The molecule has 1 amide bonds. The molecule has 0 saturated carbocycles. The molecule has 0 radical (unpaired) electrons. The first kappa shape index (κ1) is 24.3. The molecule has 0 aromatic heterocycles. The van der Waals surface area contributed by atoms with E-state index in [4.69, 9.17) is 5.73 Å². The molecule has 1 aliphatic heterocycles. The van der Waals surface area contributed by atoms with Gasteiger partial charge in [0.2, 0.25) is 5.78 Å². The summed E-state index contributed by atoms with van der Waals surface area (Å²) in [4.78, 5) is 42.7. The molecule has 10 heteroatoms. The average Bonchev–Trinajstić information content (AvgIpc) is 2.81. The number of primary amides is 1. The zero-order valence-electron chi connectivity index (χ0n) is 20.3. The van der Waals surface area contributed by atoms with Crippen molar-refractivity contribution in [1.82, 2.24) is 4.90 Å². The maximum absolute atomic E-state index is 13.8. The molecule has 6 N–H and O–H groups in total. The molecule has 3 aliphatic carbocycles. The summed E-state index contributed by atoms with van der Waals surface area (Å²) in [6.07, 6.45) is 3.43. The van der Waals surface area contributed by atoms with E-state index >= 15 is 0 Å². The fourth-order valence-corrected chi connectivity index (χ4v) is 6.60. The van der Waals surface area contributed by atoms with Crippen LogP contribution in [0.3, 0.4) is 0 Å². The second kappa shape index (κ2) is 8.35. The van der Waals surface area contributed by atoms with Crippen molar-refractivity contribution in [3.8, 4) is 5.75 Å². The molecule has 0 bridgehead atoms. The summed E-state index contributed by atoms with van der Waals surface area (Å²) in [5, 5.41) is 44.9. The molecule has 4 atom stereocenters. The summed E-state index contributed by atoms with van der Waals surface area (Å²) in [6, 6.07) is 2.62. The SMILES string of the molecule is CN(C)[C@H]1C(O)=C(C(N)=O)C(=O)[C@@]2(O)C(O)=C3C(=O)c4c(ccc(N5CCCCC5)c4O)C[C@H]3C[C@@H]12. The number of fused-ring (bicyclic) bond motifs is 3. The molecule has 36 heavy (non-hydrogen) atoms. The number of phenolic OH excluding ortho intramolecular Hbond substituents is 1. The lowest BCUT2D eigenvalue weighted by Gasteiger charge is -2.50. The number of phenols is 1. The normalized spacial score (nSPS) is 30.3. The number of nitrogens with two attached hydrogens (primary N) is 1. The lowest BCUT2D eigenvalue weighted by atomic mass is 9.58. The number of allylic oxidation sites excluding steroid dienone is 1. The summed E-state index contributed by atoms with van der Waals surface area (Å²) in [5.41, 5.74) is 3.00. The smallest absolute Gasteiger partial charge is 0.255 e. The molecule has 1 aromatic carbocycles. The van der Waals surface area contributed by atoms with Gasteiger partial charge >= 0.3 is 0 Å². The van der Waals surface area contributed by atoms with Gasteiger partial charge in [0.25, 0.3) is 5.91 Å².